The minimum Gasteiger partial charge on any atom is -0.462 e. The van der Waals surface area contributed by atoms with Gasteiger partial charge in [0, 0.05) is 19.3 Å². The van der Waals surface area contributed by atoms with Gasteiger partial charge in [0.2, 0.25) is 0 Å². The van der Waals surface area contributed by atoms with Crippen LogP contribution in [0.2, 0.25) is 0 Å². The summed E-state index contributed by atoms with van der Waals surface area (Å²) in [5.74, 6) is -0.868. The van der Waals surface area contributed by atoms with Crippen molar-refractivity contribution >= 4 is 17.9 Å². The summed E-state index contributed by atoms with van der Waals surface area (Å²) in [6, 6.07) is 0. The highest BCUT2D eigenvalue weighted by atomic mass is 16.6. The maximum Gasteiger partial charge on any atom is 0.306 e. The Morgan fingerprint density at radius 3 is 0.765 bits per heavy atom. The van der Waals surface area contributed by atoms with Crippen molar-refractivity contribution in [2.24, 2.45) is 0 Å². The lowest BCUT2D eigenvalue weighted by Gasteiger charge is -2.18. The highest BCUT2D eigenvalue weighted by Crippen LogP contribution is 2.18. The fraction of sp³-hybridized carbons (Fsp3) is 0.800. The van der Waals surface area contributed by atoms with Gasteiger partial charge in [-0.2, -0.15) is 0 Å². The van der Waals surface area contributed by atoms with Crippen molar-refractivity contribution in [1.29, 1.82) is 0 Å². The Labute approximate surface area is 503 Å². The van der Waals surface area contributed by atoms with E-state index in [2.05, 4.69) is 93.7 Å². The fourth-order valence-electron chi connectivity index (χ4n) is 10.4. The molecule has 0 fully saturated rings. The van der Waals surface area contributed by atoms with Gasteiger partial charge < -0.3 is 14.2 Å². The summed E-state index contributed by atoms with van der Waals surface area (Å²) in [7, 11) is 0. The molecule has 0 bridgehead atoms. The second-order valence-electron chi connectivity index (χ2n) is 23.8. The van der Waals surface area contributed by atoms with E-state index in [0.717, 1.165) is 103 Å². The molecule has 470 valence electrons. The van der Waals surface area contributed by atoms with Gasteiger partial charge in [0.05, 0.1) is 0 Å². The number of hydrogen-bond donors (Lipinski definition) is 0. The fourth-order valence-corrected chi connectivity index (χ4v) is 10.4. The lowest BCUT2D eigenvalue weighted by Crippen LogP contribution is -2.30. The number of carbonyl (C=O) groups is 3. The third kappa shape index (κ3) is 67.5. The summed E-state index contributed by atoms with van der Waals surface area (Å²) >= 11 is 0. The Morgan fingerprint density at radius 1 is 0.259 bits per heavy atom. The zero-order valence-corrected chi connectivity index (χ0v) is 54.1. The van der Waals surface area contributed by atoms with E-state index in [4.69, 9.17) is 14.2 Å². The highest BCUT2D eigenvalue weighted by Gasteiger charge is 2.19. The Balaban J connectivity index is 4.33. The van der Waals surface area contributed by atoms with Crippen molar-refractivity contribution in [1.82, 2.24) is 0 Å². The lowest BCUT2D eigenvalue weighted by molar-refractivity contribution is -0.167. The monoisotopic (exact) mass is 1130 g/mol. The first-order chi connectivity index (χ1) is 40.0. The van der Waals surface area contributed by atoms with Crippen LogP contribution in [-0.2, 0) is 28.6 Å². The summed E-state index contributed by atoms with van der Waals surface area (Å²) in [5.41, 5.74) is 0. The van der Waals surface area contributed by atoms with E-state index >= 15 is 0 Å². The largest absolute Gasteiger partial charge is 0.462 e. The zero-order chi connectivity index (χ0) is 58.5. The molecule has 0 saturated heterocycles. The predicted molar refractivity (Wildman–Crippen MR) is 353 cm³/mol. The number of carbonyl (C=O) groups excluding carboxylic acids is 3. The predicted octanol–water partition coefficient (Wildman–Crippen LogP) is 24.4. The second-order valence-corrected chi connectivity index (χ2v) is 23.8. The van der Waals surface area contributed by atoms with Crippen molar-refractivity contribution in [3.05, 3.63) is 72.9 Å². The third-order valence-corrected chi connectivity index (χ3v) is 15.7. The number of unbranched alkanes of at least 4 members (excludes halogenated alkanes) is 42. The van der Waals surface area contributed by atoms with Gasteiger partial charge in [-0.25, -0.2) is 0 Å². The van der Waals surface area contributed by atoms with Crippen LogP contribution in [0.5, 0.6) is 0 Å². The molecule has 81 heavy (non-hydrogen) atoms. The molecule has 0 aromatic carbocycles. The maximum atomic E-state index is 13.0. The first-order valence-corrected chi connectivity index (χ1v) is 35.4. The molecule has 6 nitrogen and oxygen atoms in total. The standard InChI is InChI=1S/C75H134O6/c1-4-7-10-13-16-19-22-25-28-31-33-35-37-38-39-41-42-44-47-50-53-56-59-62-65-68-74(77)80-71-72(70-79-73(76)67-64-61-58-55-52-49-46-30-27-24-21-18-15-12-9-6-3)81-75(78)69-66-63-60-57-54-51-48-45-43-40-36-34-32-29-26-23-20-17-14-11-8-5-2/h7,10,16,19,25,28,30,33,35,38-39,46,72H,4-6,8-9,11-15,17-18,20-24,26-27,29,31-32,34,36-37,40-45,47-71H2,1-3H3/b10-7-,19-16-,28-25-,35-33-,39-38-,46-30-. The molecule has 0 aliphatic rings. The number of allylic oxidation sites excluding steroid dienone is 12. The van der Waals surface area contributed by atoms with E-state index < -0.39 is 6.10 Å². The first-order valence-electron chi connectivity index (χ1n) is 35.4. The average Bonchev–Trinajstić information content (AvgIpc) is 3.47. The minimum atomic E-state index is -0.781. The van der Waals surface area contributed by atoms with Crippen LogP contribution in [0.15, 0.2) is 72.9 Å². The molecule has 0 amide bonds. The zero-order valence-electron chi connectivity index (χ0n) is 54.1. The van der Waals surface area contributed by atoms with Crippen LogP contribution in [0, 0.1) is 0 Å². The van der Waals surface area contributed by atoms with Gasteiger partial charge in [-0.15, -0.1) is 0 Å². The molecule has 1 unspecified atom stereocenters. The van der Waals surface area contributed by atoms with E-state index in [0.29, 0.717) is 19.3 Å². The Hall–Kier alpha value is -3.15. The lowest BCUT2D eigenvalue weighted by atomic mass is 10.0. The van der Waals surface area contributed by atoms with Gasteiger partial charge in [0.25, 0.3) is 0 Å². The number of hydrogen-bond acceptors (Lipinski definition) is 6. The van der Waals surface area contributed by atoms with E-state index in [1.807, 2.05) is 0 Å². The Morgan fingerprint density at radius 2 is 0.481 bits per heavy atom. The van der Waals surface area contributed by atoms with Crippen molar-refractivity contribution in [2.45, 2.75) is 374 Å². The SMILES string of the molecule is CC/C=C\C/C=C\C/C=C\C/C=C\C/C=C\CCCCCCCCCCCC(=O)OCC(COC(=O)CCCCCCC/C=C\CCCCCCCCC)OC(=O)CCCCCCCCCCCCCCCCCCCCCCCC. The van der Waals surface area contributed by atoms with Gasteiger partial charge in [-0.05, 0) is 89.9 Å². The smallest absolute Gasteiger partial charge is 0.306 e. The average molecular weight is 1130 g/mol. The van der Waals surface area contributed by atoms with Crippen LogP contribution in [0.25, 0.3) is 0 Å². The Bertz CT molecular complexity index is 1490. The first kappa shape index (κ1) is 77.9. The third-order valence-electron chi connectivity index (χ3n) is 15.7. The van der Waals surface area contributed by atoms with E-state index in [1.54, 1.807) is 0 Å². The molecular formula is C75H134O6. The molecule has 0 aliphatic carbocycles. The molecule has 0 radical (unpaired) electrons. The normalized spacial score (nSPS) is 12.5. The van der Waals surface area contributed by atoms with Crippen LogP contribution in [0.4, 0.5) is 0 Å². The molecule has 0 aromatic rings. The van der Waals surface area contributed by atoms with Gasteiger partial charge in [0.1, 0.15) is 13.2 Å². The minimum absolute atomic E-state index is 0.0776. The van der Waals surface area contributed by atoms with Gasteiger partial charge in [0.15, 0.2) is 6.10 Å². The van der Waals surface area contributed by atoms with Crippen LogP contribution in [-0.4, -0.2) is 37.2 Å². The number of ether oxygens (including phenoxy) is 3. The number of rotatable bonds is 65. The summed E-state index contributed by atoms with van der Waals surface area (Å²) < 4.78 is 17.0. The second kappa shape index (κ2) is 69.3. The quantitative estimate of drug-likeness (QED) is 0.0261. The molecule has 0 saturated carbocycles. The molecule has 0 spiro atoms. The van der Waals surface area contributed by atoms with E-state index in [-0.39, 0.29) is 31.1 Å². The summed E-state index contributed by atoms with van der Waals surface area (Å²) in [4.78, 5) is 38.5. The van der Waals surface area contributed by atoms with Crippen LogP contribution in [0.3, 0.4) is 0 Å². The topological polar surface area (TPSA) is 78.9 Å². The van der Waals surface area contributed by atoms with Gasteiger partial charge in [-0.3, -0.25) is 14.4 Å². The summed E-state index contributed by atoms with van der Waals surface area (Å²) in [5, 5.41) is 0. The van der Waals surface area contributed by atoms with E-state index in [1.165, 1.54) is 225 Å². The van der Waals surface area contributed by atoms with Crippen molar-refractivity contribution in [3.8, 4) is 0 Å². The maximum absolute atomic E-state index is 13.0. The molecule has 1 atom stereocenters. The molecule has 0 aliphatic heterocycles. The van der Waals surface area contributed by atoms with Crippen LogP contribution in [0.1, 0.15) is 367 Å². The molecule has 6 heteroatoms. The molecule has 0 rings (SSSR count). The molecule has 0 N–H and O–H groups in total. The van der Waals surface area contributed by atoms with Crippen molar-refractivity contribution < 1.29 is 28.6 Å². The van der Waals surface area contributed by atoms with Crippen molar-refractivity contribution in [2.75, 3.05) is 13.2 Å². The summed E-state index contributed by atoms with van der Waals surface area (Å²) in [6.07, 6.45) is 90.6. The molecule has 0 heterocycles. The van der Waals surface area contributed by atoms with Crippen LogP contribution < -0.4 is 0 Å². The number of esters is 3. The molecular weight excluding hydrogens is 997 g/mol. The van der Waals surface area contributed by atoms with Crippen molar-refractivity contribution in [3.63, 3.8) is 0 Å². The highest BCUT2D eigenvalue weighted by molar-refractivity contribution is 5.71. The summed E-state index contributed by atoms with van der Waals surface area (Å²) in [6.45, 7) is 6.57. The van der Waals surface area contributed by atoms with Gasteiger partial charge >= 0.3 is 17.9 Å². The van der Waals surface area contributed by atoms with E-state index in [9.17, 15) is 14.4 Å². The van der Waals surface area contributed by atoms with Crippen LogP contribution >= 0.6 is 0 Å². The Kier molecular flexibility index (Phi) is 66.6. The van der Waals surface area contributed by atoms with Gasteiger partial charge in [-0.1, -0.05) is 331 Å². The molecule has 0 aromatic heterocycles.